The van der Waals surface area contributed by atoms with Gasteiger partial charge < -0.3 is 0 Å². The van der Waals surface area contributed by atoms with Crippen LogP contribution in [0.15, 0.2) is 43.5 Å². The van der Waals surface area contributed by atoms with Crippen LogP contribution >= 0.6 is 0 Å². The van der Waals surface area contributed by atoms with E-state index in [-0.39, 0.29) is 0 Å². The minimum Gasteiger partial charge on any atom is -0.102 e. The van der Waals surface area contributed by atoms with E-state index in [4.69, 9.17) is 0 Å². The van der Waals surface area contributed by atoms with Crippen molar-refractivity contribution >= 4 is 5.57 Å². The molecule has 1 aliphatic carbocycles. The number of fused-ring (bicyclic) bond motifs is 1. The summed E-state index contributed by atoms with van der Waals surface area (Å²) >= 11 is 0. The van der Waals surface area contributed by atoms with Gasteiger partial charge in [0.2, 0.25) is 0 Å². The second kappa shape index (κ2) is 3.21. The van der Waals surface area contributed by atoms with Crippen LogP contribution < -0.4 is 0 Å². The van der Waals surface area contributed by atoms with Gasteiger partial charge in [0.05, 0.1) is 0 Å². The van der Waals surface area contributed by atoms with Gasteiger partial charge in [0.15, 0.2) is 0 Å². The molecule has 1 atom stereocenters. The maximum atomic E-state index is 4.14. The van der Waals surface area contributed by atoms with Gasteiger partial charge in [0.1, 0.15) is 0 Å². The first kappa shape index (κ1) is 8.31. The Morgan fingerprint density at radius 2 is 2.08 bits per heavy atom. The Hall–Kier alpha value is -1.30. The van der Waals surface area contributed by atoms with Crippen molar-refractivity contribution < 1.29 is 0 Å². The van der Waals surface area contributed by atoms with E-state index in [1.54, 1.807) is 0 Å². The fourth-order valence-corrected chi connectivity index (χ4v) is 2.00. The Bertz CT molecular complexity index is 347. The Morgan fingerprint density at radius 3 is 2.85 bits per heavy atom. The van der Waals surface area contributed by atoms with Crippen molar-refractivity contribution in [1.82, 2.24) is 0 Å². The number of hydrogen-bond acceptors (Lipinski definition) is 0. The molecule has 0 radical (unpaired) electrons. The first-order chi connectivity index (χ1) is 6.33. The fraction of sp³-hybridized carbons (Fsp3) is 0.231. The molecule has 0 N–H and O–H groups in total. The van der Waals surface area contributed by atoms with Gasteiger partial charge >= 0.3 is 0 Å². The Labute approximate surface area is 79.6 Å². The third kappa shape index (κ3) is 1.33. The second-order valence-electron chi connectivity index (χ2n) is 3.56. The molecule has 0 saturated heterocycles. The summed E-state index contributed by atoms with van der Waals surface area (Å²) in [6, 6.07) is 8.53. The Morgan fingerprint density at radius 1 is 1.31 bits per heavy atom. The molecule has 1 aromatic rings. The molecule has 66 valence electrons. The monoisotopic (exact) mass is 170 g/mol. The third-order valence-electron chi connectivity index (χ3n) is 2.82. The molecule has 0 aromatic heterocycles. The molecule has 0 amide bonds. The van der Waals surface area contributed by atoms with E-state index in [9.17, 15) is 0 Å². The van der Waals surface area contributed by atoms with Crippen molar-refractivity contribution in [2.24, 2.45) is 5.92 Å². The Kier molecular flexibility index (Phi) is 2.05. The zero-order valence-corrected chi connectivity index (χ0v) is 7.79. The molecule has 0 aliphatic heterocycles. The minimum absolute atomic E-state index is 0.481. The van der Waals surface area contributed by atoms with E-state index in [1.165, 1.54) is 23.1 Å². The van der Waals surface area contributed by atoms with Crippen LogP contribution in [0.1, 0.15) is 17.5 Å². The first-order valence-electron chi connectivity index (χ1n) is 4.72. The highest BCUT2D eigenvalue weighted by Gasteiger charge is 2.18. The average Bonchev–Trinajstić information content (AvgIpc) is 2.19. The lowest BCUT2D eigenvalue weighted by atomic mass is 9.80. The van der Waals surface area contributed by atoms with Crippen LogP contribution in [0, 0.1) is 5.92 Å². The normalized spacial score (nSPS) is 20.9. The van der Waals surface area contributed by atoms with Gasteiger partial charge in [-0.25, -0.2) is 0 Å². The van der Waals surface area contributed by atoms with Crippen LogP contribution in [-0.2, 0) is 6.42 Å². The number of aryl methyl sites for hydroxylation is 1. The van der Waals surface area contributed by atoms with Crippen LogP contribution in [0.5, 0.6) is 0 Å². The standard InChI is InChI=1S/C13H14/c1-3-11-8-9-12-6-4-5-7-13(12)10(11)2/h3-7,11H,1-2,8-9H2. The first-order valence-corrected chi connectivity index (χ1v) is 4.72. The van der Waals surface area contributed by atoms with Crippen molar-refractivity contribution in [3.05, 3.63) is 54.6 Å². The second-order valence-corrected chi connectivity index (χ2v) is 3.56. The average molecular weight is 170 g/mol. The summed E-state index contributed by atoms with van der Waals surface area (Å²) in [6.07, 6.45) is 4.34. The molecule has 0 fully saturated rings. The summed E-state index contributed by atoms with van der Waals surface area (Å²) in [4.78, 5) is 0. The van der Waals surface area contributed by atoms with E-state index in [1.807, 2.05) is 6.08 Å². The van der Waals surface area contributed by atoms with Crippen molar-refractivity contribution in [3.63, 3.8) is 0 Å². The number of allylic oxidation sites excluding steroid dienone is 2. The molecule has 0 heterocycles. The molecule has 0 saturated carbocycles. The van der Waals surface area contributed by atoms with Gasteiger partial charge in [0.25, 0.3) is 0 Å². The minimum atomic E-state index is 0.481. The fourth-order valence-electron chi connectivity index (χ4n) is 2.00. The highest BCUT2D eigenvalue weighted by molar-refractivity contribution is 5.71. The van der Waals surface area contributed by atoms with Crippen LogP contribution in [0.25, 0.3) is 5.57 Å². The highest BCUT2D eigenvalue weighted by Crippen LogP contribution is 2.34. The summed E-state index contributed by atoms with van der Waals surface area (Å²) in [7, 11) is 0. The maximum absolute atomic E-state index is 4.14. The predicted molar refractivity (Wildman–Crippen MR) is 57.5 cm³/mol. The smallest absolute Gasteiger partial charge is 0.00186 e. The quantitative estimate of drug-likeness (QED) is 0.566. The van der Waals surface area contributed by atoms with Crippen molar-refractivity contribution in [1.29, 1.82) is 0 Å². The number of hydrogen-bond donors (Lipinski definition) is 0. The van der Waals surface area contributed by atoms with Crippen LogP contribution in [0.2, 0.25) is 0 Å². The van der Waals surface area contributed by atoms with Gasteiger partial charge in [-0.3, -0.25) is 0 Å². The van der Waals surface area contributed by atoms with Gasteiger partial charge in [-0.2, -0.15) is 0 Å². The van der Waals surface area contributed by atoms with Crippen LogP contribution in [0.4, 0.5) is 0 Å². The summed E-state index contributed by atoms with van der Waals surface area (Å²) < 4.78 is 0. The van der Waals surface area contributed by atoms with E-state index < -0.39 is 0 Å². The lowest BCUT2D eigenvalue weighted by Crippen LogP contribution is -2.09. The molecule has 1 aromatic carbocycles. The zero-order chi connectivity index (χ0) is 9.26. The topological polar surface area (TPSA) is 0 Å². The molecule has 0 bridgehead atoms. The maximum Gasteiger partial charge on any atom is 0.00186 e. The molecule has 13 heavy (non-hydrogen) atoms. The molecule has 0 spiro atoms. The molecule has 2 rings (SSSR count). The highest BCUT2D eigenvalue weighted by atomic mass is 14.2. The van der Waals surface area contributed by atoms with Gasteiger partial charge in [-0.05, 0) is 29.5 Å². The molecular formula is C13H14. The lowest BCUT2D eigenvalue weighted by Gasteiger charge is -2.24. The largest absolute Gasteiger partial charge is 0.102 e. The molecule has 1 aliphatic rings. The summed E-state index contributed by atoms with van der Waals surface area (Å²) in [6.45, 7) is 7.98. The van der Waals surface area contributed by atoms with E-state index >= 15 is 0 Å². The van der Waals surface area contributed by atoms with Crippen molar-refractivity contribution in [2.45, 2.75) is 12.8 Å². The third-order valence-corrected chi connectivity index (χ3v) is 2.82. The zero-order valence-electron chi connectivity index (χ0n) is 7.79. The van der Waals surface area contributed by atoms with Crippen LogP contribution in [-0.4, -0.2) is 0 Å². The number of rotatable bonds is 1. The van der Waals surface area contributed by atoms with Gasteiger partial charge in [0, 0.05) is 5.92 Å². The van der Waals surface area contributed by atoms with Gasteiger partial charge in [-0.1, -0.05) is 36.9 Å². The molecule has 0 heteroatoms. The predicted octanol–water partition coefficient (Wildman–Crippen LogP) is 3.45. The summed E-state index contributed by atoms with van der Waals surface area (Å²) in [5.41, 5.74) is 4.00. The van der Waals surface area contributed by atoms with E-state index in [2.05, 4.69) is 37.4 Å². The van der Waals surface area contributed by atoms with Gasteiger partial charge in [-0.15, -0.1) is 6.58 Å². The van der Waals surface area contributed by atoms with Crippen molar-refractivity contribution in [2.75, 3.05) is 0 Å². The molecule has 1 unspecified atom stereocenters. The molecular weight excluding hydrogens is 156 g/mol. The molecule has 0 nitrogen and oxygen atoms in total. The number of benzene rings is 1. The van der Waals surface area contributed by atoms with E-state index in [0.29, 0.717) is 5.92 Å². The van der Waals surface area contributed by atoms with E-state index in [0.717, 1.165) is 6.42 Å². The summed E-state index contributed by atoms with van der Waals surface area (Å²) in [5, 5.41) is 0. The summed E-state index contributed by atoms with van der Waals surface area (Å²) in [5.74, 6) is 0.481. The van der Waals surface area contributed by atoms with Crippen LogP contribution in [0.3, 0.4) is 0 Å². The lowest BCUT2D eigenvalue weighted by molar-refractivity contribution is 0.701. The van der Waals surface area contributed by atoms with Crippen molar-refractivity contribution in [3.8, 4) is 0 Å². The SMILES string of the molecule is C=CC1CCc2ccccc2C1=C. The Balaban J connectivity index is 2.45.